The fourth-order valence-corrected chi connectivity index (χ4v) is 5.34. The zero-order chi connectivity index (χ0) is 20.3. The van der Waals surface area contributed by atoms with Gasteiger partial charge in [-0.05, 0) is 26.0 Å². The van der Waals surface area contributed by atoms with Crippen LogP contribution in [0.5, 0.6) is 0 Å². The lowest BCUT2D eigenvalue weighted by Crippen LogP contribution is -2.52. The summed E-state index contributed by atoms with van der Waals surface area (Å²) < 4.78 is 26.8. The molecule has 0 saturated carbocycles. The lowest BCUT2D eigenvalue weighted by molar-refractivity contribution is -0.131. The number of hydrogen-bond donors (Lipinski definition) is 1. The SMILES string of the molecule is Cc1cc(N)nc(S[C@@H](C)C(=O)N2CCN(S(=O)(=O)c3ccccc3)CC2)n1. The highest BCUT2D eigenvalue weighted by Crippen LogP contribution is 2.24. The summed E-state index contributed by atoms with van der Waals surface area (Å²) in [6.07, 6.45) is 0. The van der Waals surface area contributed by atoms with Crippen LogP contribution in [0.1, 0.15) is 12.6 Å². The molecule has 10 heteroatoms. The second kappa shape index (κ2) is 8.46. The first kappa shape index (κ1) is 20.6. The molecule has 28 heavy (non-hydrogen) atoms. The molecule has 0 spiro atoms. The van der Waals surface area contributed by atoms with Crippen molar-refractivity contribution < 1.29 is 13.2 Å². The molecule has 0 unspecified atom stereocenters. The quantitative estimate of drug-likeness (QED) is 0.574. The van der Waals surface area contributed by atoms with Crippen molar-refractivity contribution in [3.63, 3.8) is 0 Å². The second-order valence-corrected chi connectivity index (χ2v) is 9.77. The van der Waals surface area contributed by atoms with E-state index in [0.717, 1.165) is 5.69 Å². The number of aryl methyl sites for hydroxylation is 1. The first-order chi connectivity index (χ1) is 13.3. The monoisotopic (exact) mass is 421 g/mol. The molecule has 0 radical (unpaired) electrons. The van der Waals surface area contributed by atoms with Crippen molar-refractivity contribution in [2.75, 3.05) is 31.9 Å². The second-order valence-electron chi connectivity index (χ2n) is 6.52. The number of anilines is 1. The Morgan fingerprint density at radius 1 is 1.14 bits per heavy atom. The van der Waals surface area contributed by atoms with E-state index in [0.29, 0.717) is 24.1 Å². The largest absolute Gasteiger partial charge is 0.384 e. The number of hydrogen-bond acceptors (Lipinski definition) is 7. The van der Waals surface area contributed by atoms with Gasteiger partial charge in [-0.1, -0.05) is 30.0 Å². The predicted octanol–water partition coefficient (Wildman–Crippen LogP) is 1.38. The van der Waals surface area contributed by atoms with Crippen LogP contribution < -0.4 is 5.73 Å². The summed E-state index contributed by atoms with van der Waals surface area (Å²) in [6, 6.07) is 10.0. The normalized spacial score (nSPS) is 16.7. The minimum atomic E-state index is -3.53. The van der Waals surface area contributed by atoms with Gasteiger partial charge < -0.3 is 10.6 Å². The number of benzene rings is 1. The minimum Gasteiger partial charge on any atom is -0.384 e. The molecule has 0 bridgehead atoms. The van der Waals surface area contributed by atoms with Crippen LogP contribution in [0.25, 0.3) is 0 Å². The Kier molecular flexibility index (Phi) is 6.21. The van der Waals surface area contributed by atoms with Crippen molar-refractivity contribution in [3.05, 3.63) is 42.1 Å². The number of rotatable bonds is 5. The number of carbonyl (C=O) groups excluding carboxylic acids is 1. The van der Waals surface area contributed by atoms with Gasteiger partial charge in [-0.25, -0.2) is 18.4 Å². The number of sulfonamides is 1. The summed E-state index contributed by atoms with van der Waals surface area (Å²) in [5.41, 5.74) is 6.48. The number of amides is 1. The molecule has 1 amide bonds. The van der Waals surface area contributed by atoms with Crippen LogP contribution in [0, 0.1) is 6.92 Å². The van der Waals surface area contributed by atoms with E-state index in [1.165, 1.54) is 16.1 Å². The zero-order valence-electron chi connectivity index (χ0n) is 15.8. The molecule has 1 aliphatic rings. The number of nitrogens with two attached hydrogens (primary N) is 1. The minimum absolute atomic E-state index is 0.0644. The summed E-state index contributed by atoms with van der Waals surface area (Å²) in [5, 5.41) is 0.0714. The first-order valence-electron chi connectivity index (χ1n) is 8.89. The average Bonchev–Trinajstić information content (AvgIpc) is 2.67. The van der Waals surface area contributed by atoms with Gasteiger partial charge in [-0.15, -0.1) is 0 Å². The number of aromatic nitrogens is 2. The zero-order valence-corrected chi connectivity index (χ0v) is 17.4. The topological polar surface area (TPSA) is 109 Å². The van der Waals surface area contributed by atoms with Gasteiger partial charge in [0.25, 0.3) is 0 Å². The van der Waals surface area contributed by atoms with Gasteiger partial charge in [0, 0.05) is 37.9 Å². The highest BCUT2D eigenvalue weighted by molar-refractivity contribution is 8.00. The molecule has 150 valence electrons. The number of nitrogens with zero attached hydrogens (tertiary/aromatic N) is 4. The molecule has 3 rings (SSSR count). The van der Waals surface area contributed by atoms with Crippen LogP contribution >= 0.6 is 11.8 Å². The molecule has 0 aliphatic carbocycles. The Morgan fingerprint density at radius 2 is 1.79 bits per heavy atom. The molecule has 1 atom stereocenters. The van der Waals surface area contributed by atoms with Gasteiger partial charge in [0.2, 0.25) is 15.9 Å². The lowest BCUT2D eigenvalue weighted by atomic mass is 10.3. The maximum Gasteiger partial charge on any atom is 0.243 e. The fraction of sp³-hybridized carbons (Fsp3) is 0.389. The van der Waals surface area contributed by atoms with Gasteiger partial charge >= 0.3 is 0 Å². The van der Waals surface area contributed by atoms with E-state index in [1.807, 2.05) is 6.92 Å². The molecule has 1 aromatic carbocycles. The molecule has 1 saturated heterocycles. The van der Waals surface area contributed by atoms with Crippen molar-refractivity contribution in [1.82, 2.24) is 19.2 Å². The highest BCUT2D eigenvalue weighted by atomic mass is 32.2. The molecule has 1 fully saturated rings. The molecule has 2 aromatic rings. The van der Waals surface area contributed by atoms with Gasteiger partial charge in [0.05, 0.1) is 10.1 Å². The van der Waals surface area contributed by atoms with Crippen molar-refractivity contribution in [2.45, 2.75) is 29.1 Å². The number of piperazine rings is 1. The molecule has 2 N–H and O–H groups in total. The van der Waals surface area contributed by atoms with Crippen LogP contribution in [0.4, 0.5) is 5.82 Å². The Balaban J connectivity index is 1.60. The molecule has 8 nitrogen and oxygen atoms in total. The molecule has 1 aliphatic heterocycles. The van der Waals surface area contributed by atoms with Crippen molar-refractivity contribution in [3.8, 4) is 0 Å². The van der Waals surface area contributed by atoms with Crippen molar-refractivity contribution in [1.29, 1.82) is 0 Å². The maximum absolute atomic E-state index is 12.7. The Morgan fingerprint density at radius 3 is 2.39 bits per heavy atom. The average molecular weight is 422 g/mol. The first-order valence-corrected chi connectivity index (χ1v) is 11.2. The van der Waals surface area contributed by atoms with Crippen LogP contribution in [-0.4, -0.2) is 64.9 Å². The summed E-state index contributed by atoms with van der Waals surface area (Å²) in [6.45, 7) is 4.87. The van der Waals surface area contributed by atoms with Gasteiger partial charge in [-0.2, -0.15) is 4.31 Å². The third-order valence-electron chi connectivity index (χ3n) is 4.41. The van der Waals surface area contributed by atoms with Crippen molar-refractivity contribution in [2.24, 2.45) is 0 Å². The summed E-state index contributed by atoms with van der Waals surface area (Å²) in [5.74, 6) is 0.305. The van der Waals surface area contributed by atoms with E-state index in [2.05, 4.69) is 9.97 Å². The van der Waals surface area contributed by atoms with E-state index in [9.17, 15) is 13.2 Å². The molecule has 2 heterocycles. The third-order valence-corrected chi connectivity index (χ3v) is 7.28. The Bertz CT molecular complexity index is 925. The highest BCUT2D eigenvalue weighted by Gasteiger charge is 2.31. The standard InChI is InChI=1S/C18H23N5O3S2/c1-13-12-16(19)21-18(20-13)27-14(2)17(24)22-8-10-23(11-9-22)28(25,26)15-6-4-3-5-7-15/h3-7,12,14H,8-11H2,1-2H3,(H2,19,20,21)/t14-/m0/s1. The van der Waals surface area contributed by atoms with E-state index in [4.69, 9.17) is 5.73 Å². The van der Waals surface area contributed by atoms with E-state index < -0.39 is 15.3 Å². The molecular weight excluding hydrogens is 398 g/mol. The van der Waals surface area contributed by atoms with Crippen LogP contribution in [0.3, 0.4) is 0 Å². The molecular formula is C18H23N5O3S2. The summed E-state index contributed by atoms with van der Waals surface area (Å²) in [7, 11) is -3.53. The maximum atomic E-state index is 12.7. The fourth-order valence-electron chi connectivity index (χ4n) is 2.97. The van der Waals surface area contributed by atoms with Gasteiger partial charge in [0.1, 0.15) is 5.82 Å². The number of thioether (sulfide) groups is 1. The van der Waals surface area contributed by atoms with Gasteiger partial charge in [-0.3, -0.25) is 4.79 Å². The van der Waals surface area contributed by atoms with E-state index >= 15 is 0 Å². The summed E-state index contributed by atoms with van der Waals surface area (Å²) >= 11 is 1.25. The Hall–Kier alpha value is -2.17. The lowest BCUT2D eigenvalue weighted by Gasteiger charge is -2.35. The Labute approximate surface area is 169 Å². The predicted molar refractivity (Wildman–Crippen MR) is 108 cm³/mol. The van der Waals surface area contributed by atoms with Crippen LogP contribution in [0.15, 0.2) is 46.5 Å². The van der Waals surface area contributed by atoms with Gasteiger partial charge in [0.15, 0.2) is 5.16 Å². The van der Waals surface area contributed by atoms with Crippen LogP contribution in [0.2, 0.25) is 0 Å². The number of carbonyl (C=O) groups is 1. The third kappa shape index (κ3) is 4.62. The molecule has 1 aromatic heterocycles. The number of nitrogen functional groups attached to an aromatic ring is 1. The van der Waals surface area contributed by atoms with E-state index in [-0.39, 0.29) is 23.9 Å². The van der Waals surface area contributed by atoms with E-state index in [1.54, 1.807) is 48.2 Å². The van der Waals surface area contributed by atoms with Crippen molar-refractivity contribution >= 4 is 33.5 Å². The smallest absolute Gasteiger partial charge is 0.243 e. The summed E-state index contributed by atoms with van der Waals surface area (Å²) in [4.78, 5) is 23.2. The van der Waals surface area contributed by atoms with Crippen LogP contribution in [-0.2, 0) is 14.8 Å².